The second-order valence-electron chi connectivity index (χ2n) is 13.0. The van der Waals surface area contributed by atoms with Gasteiger partial charge in [-0.05, 0) is 68.5 Å². The number of hydrogen-bond acceptors (Lipinski definition) is 7. The minimum atomic E-state index is -1.44. The lowest BCUT2D eigenvalue weighted by Gasteiger charge is -2.49. The topological polar surface area (TPSA) is 113 Å². The van der Waals surface area contributed by atoms with Gasteiger partial charge in [-0.3, -0.25) is 19.2 Å². The van der Waals surface area contributed by atoms with E-state index in [-0.39, 0.29) is 46.7 Å². The first-order valence-electron chi connectivity index (χ1n) is 15.5. The van der Waals surface area contributed by atoms with Gasteiger partial charge in [-0.25, -0.2) is 14.2 Å². The van der Waals surface area contributed by atoms with E-state index in [2.05, 4.69) is 0 Å². The van der Waals surface area contributed by atoms with Crippen molar-refractivity contribution < 1.29 is 38.1 Å². The Labute approximate surface area is 285 Å². The standard InChI is InChI=1S/C36H31Cl2FN2O7/c1-16-5-6-17(11-24(16)37)40-32(43)21-9-8-20-22(29(21)34(40)45)15-23-33(44)41(18-7-10-26(39)25(38)12-18)35(46)36(23,2)31(20)30-27(47-3)13-19(42)14-28(30)48-4/h5-8,10-14,21-23,29,31,42H,9,15H2,1-4H3. The number of aryl methyl sites for hydroxylation is 1. The summed E-state index contributed by atoms with van der Waals surface area (Å²) in [5.41, 5.74) is 0.937. The second-order valence-corrected chi connectivity index (χ2v) is 13.8. The summed E-state index contributed by atoms with van der Waals surface area (Å²) in [6.45, 7) is 3.52. The van der Waals surface area contributed by atoms with E-state index in [1.165, 1.54) is 43.4 Å². The molecule has 1 N–H and O–H groups in total. The average molecular weight is 694 g/mol. The lowest BCUT2D eigenvalue weighted by atomic mass is 9.51. The van der Waals surface area contributed by atoms with Crippen molar-refractivity contribution in [3.8, 4) is 17.2 Å². The van der Waals surface area contributed by atoms with Crippen molar-refractivity contribution in [2.45, 2.75) is 32.6 Å². The van der Waals surface area contributed by atoms with Gasteiger partial charge in [0, 0.05) is 28.6 Å². The van der Waals surface area contributed by atoms with E-state index in [0.29, 0.717) is 21.8 Å². The van der Waals surface area contributed by atoms with Crippen LogP contribution in [0.25, 0.3) is 0 Å². The maximum atomic E-state index is 14.7. The summed E-state index contributed by atoms with van der Waals surface area (Å²) >= 11 is 12.5. The Bertz CT molecular complexity index is 1960. The van der Waals surface area contributed by atoms with E-state index in [1.54, 1.807) is 25.1 Å². The predicted molar refractivity (Wildman–Crippen MR) is 176 cm³/mol. The van der Waals surface area contributed by atoms with Gasteiger partial charge in [0.05, 0.1) is 53.8 Å². The SMILES string of the molecule is COc1cc(O)cc(OC)c1C1C2=CCC3C(=O)N(c4ccc(C)c(Cl)c4)C(=O)C3C2CC2C(=O)N(c3ccc(F)c(Cl)c3)C(=O)C21C. The third kappa shape index (κ3) is 4.41. The molecule has 4 aliphatic rings. The van der Waals surface area contributed by atoms with Crippen LogP contribution in [0.15, 0.2) is 60.2 Å². The minimum absolute atomic E-state index is 0.0974. The maximum Gasteiger partial charge on any atom is 0.241 e. The van der Waals surface area contributed by atoms with Crippen molar-refractivity contribution in [2.24, 2.45) is 29.1 Å². The molecule has 4 amide bonds. The van der Waals surface area contributed by atoms with Gasteiger partial charge in [0.2, 0.25) is 23.6 Å². The van der Waals surface area contributed by atoms with Crippen LogP contribution in [0.3, 0.4) is 0 Å². The maximum absolute atomic E-state index is 14.7. The number of hydrogen-bond donors (Lipinski definition) is 1. The van der Waals surface area contributed by atoms with E-state index in [1.807, 2.05) is 13.0 Å². The molecule has 6 atom stereocenters. The fourth-order valence-corrected chi connectivity index (χ4v) is 8.73. The number of benzene rings is 3. The number of ether oxygens (including phenoxy) is 2. The first-order chi connectivity index (χ1) is 22.8. The lowest BCUT2D eigenvalue weighted by Crippen LogP contribution is -2.49. The molecule has 6 unspecified atom stereocenters. The summed E-state index contributed by atoms with van der Waals surface area (Å²) in [5.74, 6) is -6.24. The number of rotatable bonds is 5. The number of allylic oxidation sites excluding steroid dienone is 2. The number of anilines is 2. The Balaban J connectivity index is 1.42. The molecular formula is C36H31Cl2FN2O7. The molecule has 48 heavy (non-hydrogen) atoms. The zero-order chi connectivity index (χ0) is 34.4. The van der Waals surface area contributed by atoms with Crippen LogP contribution in [0, 0.1) is 41.8 Å². The molecule has 0 bridgehead atoms. The molecule has 7 rings (SSSR count). The number of carbonyl (C=O) groups is 4. The summed E-state index contributed by atoms with van der Waals surface area (Å²) in [6.07, 6.45) is 2.21. The van der Waals surface area contributed by atoms with Crippen molar-refractivity contribution in [3.63, 3.8) is 0 Å². The Hall–Kier alpha value is -4.41. The largest absolute Gasteiger partial charge is 0.508 e. The van der Waals surface area contributed by atoms with Crippen LogP contribution in [-0.2, 0) is 19.2 Å². The number of carbonyl (C=O) groups excluding carboxylic acids is 4. The van der Waals surface area contributed by atoms with Crippen LogP contribution in [0.5, 0.6) is 17.2 Å². The second kappa shape index (κ2) is 11.3. The molecule has 2 aliphatic heterocycles. The van der Waals surface area contributed by atoms with E-state index in [0.717, 1.165) is 16.5 Å². The number of imide groups is 2. The number of fused-ring (bicyclic) bond motifs is 4. The number of methoxy groups -OCH3 is 2. The minimum Gasteiger partial charge on any atom is -0.508 e. The monoisotopic (exact) mass is 692 g/mol. The van der Waals surface area contributed by atoms with E-state index < -0.39 is 58.5 Å². The number of aromatic hydroxyl groups is 1. The molecule has 9 nitrogen and oxygen atoms in total. The van der Waals surface area contributed by atoms with Crippen molar-refractivity contribution in [3.05, 3.63) is 87.2 Å². The molecule has 2 aliphatic carbocycles. The molecule has 0 aromatic heterocycles. The lowest BCUT2D eigenvalue weighted by molar-refractivity contribution is -0.131. The fraction of sp³-hybridized carbons (Fsp3) is 0.333. The summed E-state index contributed by atoms with van der Waals surface area (Å²) in [4.78, 5) is 59.6. The smallest absolute Gasteiger partial charge is 0.241 e. The number of halogens is 3. The van der Waals surface area contributed by atoms with Crippen LogP contribution in [0.2, 0.25) is 10.0 Å². The fourth-order valence-electron chi connectivity index (χ4n) is 8.38. The highest BCUT2D eigenvalue weighted by molar-refractivity contribution is 6.32. The quantitative estimate of drug-likeness (QED) is 0.237. The number of amides is 4. The van der Waals surface area contributed by atoms with Gasteiger partial charge in [-0.15, -0.1) is 0 Å². The van der Waals surface area contributed by atoms with Crippen molar-refractivity contribution in [1.29, 1.82) is 0 Å². The molecule has 0 radical (unpaired) electrons. The summed E-state index contributed by atoms with van der Waals surface area (Å²) in [6, 6.07) is 11.5. The van der Waals surface area contributed by atoms with Gasteiger partial charge in [0.15, 0.2) is 0 Å². The van der Waals surface area contributed by atoms with Gasteiger partial charge in [0.1, 0.15) is 23.1 Å². The van der Waals surface area contributed by atoms with E-state index in [9.17, 15) is 28.7 Å². The molecule has 2 saturated heterocycles. The highest BCUT2D eigenvalue weighted by Crippen LogP contribution is 2.66. The van der Waals surface area contributed by atoms with Gasteiger partial charge in [0.25, 0.3) is 0 Å². The van der Waals surface area contributed by atoms with Gasteiger partial charge in [-0.1, -0.05) is 40.9 Å². The van der Waals surface area contributed by atoms with Crippen LogP contribution < -0.4 is 19.3 Å². The summed E-state index contributed by atoms with van der Waals surface area (Å²) in [7, 11) is 2.84. The molecular weight excluding hydrogens is 662 g/mol. The molecule has 3 fully saturated rings. The third-order valence-corrected chi connectivity index (χ3v) is 11.4. The number of phenols is 1. The molecule has 3 aromatic carbocycles. The number of phenolic OH excluding ortho intramolecular Hbond substituents is 1. The van der Waals surface area contributed by atoms with Gasteiger partial charge in [-0.2, -0.15) is 0 Å². The Kier molecular flexibility index (Phi) is 7.60. The van der Waals surface area contributed by atoms with Gasteiger partial charge >= 0.3 is 0 Å². The molecule has 0 spiro atoms. The predicted octanol–water partition coefficient (Wildman–Crippen LogP) is 6.60. The molecule has 2 heterocycles. The van der Waals surface area contributed by atoms with Gasteiger partial charge < -0.3 is 14.6 Å². The molecule has 12 heteroatoms. The average Bonchev–Trinajstić information content (AvgIpc) is 3.43. The first kappa shape index (κ1) is 32.2. The van der Waals surface area contributed by atoms with E-state index in [4.69, 9.17) is 32.7 Å². The zero-order valence-electron chi connectivity index (χ0n) is 26.4. The Morgan fingerprint density at radius 3 is 2.10 bits per heavy atom. The highest BCUT2D eigenvalue weighted by atomic mass is 35.5. The van der Waals surface area contributed by atoms with Crippen molar-refractivity contribution in [1.82, 2.24) is 0 Å². The summed E-state index contributed by atoms with van der Waals surface area (Å²) < 4.78 is 25.7. The van der Waals surface area contributed by atoms with Crippen LogP contribution in [-0.4, -0.2) is 43.0 Å². The molecule has 1 saturated carbocycles. The van der Waals surface area contributed by atoms with E-state index >= 15 is 0 Å². The Morgan fingerprint density at radius 2 is 1.48 bits per heavy atom. The summed E-state index contributed by atoms with van der Waals surface area (Å²) in [5, 5.41) is 10.7. The normalized spacial score (nSPS) is 27.9. The first-order valence-corrected chi connectivity index (χ1v) is 16.2. The van der Waals surface area contributed by atoms with Crippen LogP contribution >= 0.6 is 23.2 Å². The van der Waals surface area contributed by atoms with Crippen LogP contribution in [0.1, 0.15) is 36.8 Å². The van der Waals surface area contributed by atoms with Crippen LogP contribution in [0.4, 0.5) is 15.8 Å². The molecule has 3 aromatic rings. The molecule has 248 valence electrons. The Morgan fingerprint density at radius 1 is 0.854 bits per heavy atom. The highest BCUT2D eigenvalue weighted by Gasteiger charge is 2.68. The van der Waals surface area contributed by atoms with Crippen molar-refractivity contribution in [2.75, 3.05) is 24.0 Å². The third-order valence-electron chi connectivity index (χ3n) is 10.7. The zero-order valence-corrected chi connectivity index (χ0v) is 27.9. The van der Waals surface area contributed by atoms with Crippen molar-refractivity contribution >= 4 is 58.2 Å². The number of nitrogens with zero attached hydrogens (tertiary/aromatic N) is 2.